The molecular weight excluding hydrogens is 466 g/mol. The normalized spacial score (nSPS) is 15.2. The maximum atomic E-state index is 13.1. The van der Waals surface area contributed by atoms with Crippen molar-refractivity contribution in [2.45, 2.75) is 13.3 Å². The second kappa shape index (κ2) is 8.97. The summed E-state index contributed by atoms with van der Waals surface area (Å²) in [5, 5.41) is 13.6. The highest BCUT2D eigenvalue weighted by Crippen LogP contribution is 2.33. The van der Waals surface area contributed by atoms with Crippen molar-refractivity contribution in [3.63, 3.8) is 0 Å². The zero-order valence-electron chi connectivity index (χ0n) is 17.2. The molecule has 0 spiro atoms. The molecule has 0 aliphatic carbocycles. The van der Waals surface area contributed by atoms with Crippen LogP contribution < -0.4 is 10.2 Å². The molecule has 2 heterocycles. The highest BCUT2D eigenvalue weighted by molar-refractivity contribution is 7.80. The van der Waals surface area contributed by atoms with E-state index in [-0.39, 0.29) is 27.2 Å². The number of thiocarbonyl (C=S) groups is 1. The zero-order valence-corrected chi connectivity index (χ0v) is 18.8. The number of amides is 2. The number of halogens is 1. The third-order valence-corrected chi connectivity index (χ3v) is 5.64. The molecule has 0 bridgehead atoms. The van der Waals surface area contributed by atoms with Crippen molar-refractivity contribution in [1.29, 1.82) is 0 Å². The summed E-state index contributed by atoms with van der Waals surface area (Å²) in [7, 11) is 0. The topological polar surface area (TPSA) is 106 Å². The van der Waals surface area contributed by atoms with E-state index < -0.39 is 16.7 Å². The molecule has 166 valence electrons. The highest BCUT2D eigenvalue weighted by atomic mass is 35.5. The molecule has 0 atom stereocenters. The zero-order chi connectivity index (χ0) is 23.7. The van der Waals surface area contributed by atoms with Gasteiger partial charge in [0.1, 0.15) is 17.1 Å². The average molecular weight is 482 g/mol. The summed E-state index contributed by atoms with van der Waals surface area (Å²) in [4.78, 5) is 37.2. The summed E-state index contributed by atoms with van der Waals surface area (Å²) in [6.45, 7) is 2.02. The number of hydrogen-bond donors (Lipinski definition) is 1. The predicted octanol–water partition coefficient (Wildman–Crippen LogP) is 4.90. The van der Waals surface area contributed by atoms with Gasteiger partial charge in [0.25, 0.3) is 17.5 Å². The minimum absolute atomic E-state index is 0.0100. The fourth-order valence-electron chi connectivity index (χ4n) is 3.31. The van der Waals surface area contributed by atoms with Crippen LogP contribution in [0.4, 0.5) is 11.4 Å². The van der Waals surface area contributed by atoms with E-state index in [1.165, 1.54) is 29.2 Å². The number of non-ortho nitro benzene ring substituents is 1. The second-order valence-corrected chi connectivity index (χ2v) is 7.90. The van der Waals surface area contributed by atoms with Crippen molar-refractivity contribution in [2.24, 2.45) is 0 Å². The Bertz CT molecular complexity index is 1330. The van der Waals surface area contributed by atoms with Crippen LogP contribution in [0.2, 0.25) is 5.02 Å². The maximum absolute atomic E-state index is 13.1. The summed E-state index contributed by atoms with van der Waals surface area (Å²) in [6, 6.07) is 14.5. The van der Waals surface area contributed by atoms with Gasteiger partial charge in [0.2, 0.25) is 0 Å². The van der Waals surface area contributed by atoms with Gasteiger partial charge in [0, 0.05) is 17.7 Å². The number of nitro benzene ring substituents is 1. The molecule has 3 aromatic rings. The first-order valence-electron chi connectivity index (χ1n) is 9.83. The van der Waals surface area contributed by atoms with E-state index in [2.05, 4.69) is 5.32 Å². The van der Waals surface area contributed by atoms with Gasteiger partial charge in [-0.1, -0.05) is 30.7 Å². The molecule has 2 amide bonds. The molecule has 0 unspecified atom stereocenters. The molecule has 1 aliphatic rings. The Morgan fingerprint density at radius 2 is 1.88 bits per heavy atom. The Morgan fingerprint density at radius 1 is 1.15 bits per heavy atom. The Labute approximate surface area is 198 Å². The predicted molar refractivity (Wildman–Crippen MR) is 128 cm³/mol. The van der Waals surface area contributed by atoms with Gasteiger partial charge in [-0.2, -0.15) is 0 Å². The van der Waals surface area contributed by atoms with E-state index in [1.807, 2.05) is 19.1 Å². The lowest BCUT2D eigenvalue weighted by Crippen LogP contribution is -2.54. The Kier molecular flexibility index (Phi) is 6.08. The average Bonchev–Trinajstić information content (AvgIpc) is 3.25. The minimum atomic E-state index is -0.641. The number of nitrogens with one attached hydrogen (secondary N) is 1. The van der Waals surface area contributed by atoms with Crippen LogP contribution in [0.3, 0.4) is 0 Å². The highest BCUT2D eigenvalue weighted by Gasteiger charge is 2.34. The van der Waals surface area contributed by atoms with Gasteiger partial charge in [-0.3, -0.25) is 29.9 Å². The van der Waals surface area contributed by atoms with Gasteiger partial charge in [-0.05, 0) is 60.6 Å². The molecule has 1 N–H and O–H groups in total. The number of aryl methyl sites for hydroxylation is 1. The number of benzene rings is 2. The summed E-state index contributed by atoms with van der Waals surface area (Å²) in [6.07, 6.45) is 2.16. The second-order valence-electron chi connectivity index (χ2n) is 7.10. The Morgan fingerprint density at radius 3 is 2.52 bits per heavy atom. The molecular formula is C23H16ClN3O5S. The molecule has 1 fully saturated rings. The Balaban J connectivity index is 1.65. The molecule has 1 aromatic heterocycles. The number of anilines is 1. The van der Waals surface area contributed by atoms with E-state index in [9.17, 15) is 19.7 Å². The maximum Gasteiger partial charge on any atom is 0.270 e. The molecule has 0 radical (unpaired) electrons. The molecule has 8 nitrogen and oxygen atoms in total. The number of nitro groups is 1. The van der Waals surface area contributed by atoms with Crippen molar-refractivity contribution in [2.75, 3.05) is 4.90 Å². The molecule has 1 aliphatic heterocycles. The number of rotatable bonds is 5. The summed E-state index contributed by atoms with van der Waals surface area (Å²) in [5.41, 5.74) is 1.77. The standard InChI is InChI=1S/C23H16ClN3O5S/c1-2-13-3-5-14(6-4-13)26-22(29)18(21(28)25-23(26)33)12-16-8-10-20(32-16)17-9-7-15(27(30)31)11-19(17)24/h3-12H,2H2,1H3,(H,25,28,33)/b18-12+. The lowest BCUT2D eigenvalue weighted by molar-refractivity contribution is -0.384. The summed E-state index contributed by atoms with van der Waals surface area (Å²) in [5.74, 6) is -0.669. The Hall–Kier alpha value is -3.82. The lowest BCUT2D eigenvalue weighted by Gasteiger charge is -2.28. The molecule has 0 saturated carbocycles. The van der Waals surface area contributed by atoms with Crippen LogP contribution in [0.25, 0.3) is 17.4 Å². The van der Waals surface area contributed by atoms with E-state index in [0.717, 1.165) is 12.0 Å². The van der Waals surface area contributed by atoms with Crippen molar-refractivity contribution >= 4 is 58.2 Å². The van der Waals surface area contributed by atoms with E-state index in [0.29, 0.717) is 17.0 Å². The quantitative estimate of drug-likeness (QED) is 0.183. The van der Waals surface area contributed by atoms with E-state index in [4.69, 9.17) is 28.2 Å². The van der Waals surface area contributed by atoms with Gasteiger partial charge < -0.3 is 4.42 Å². The largest absolute Gasteiger partial charge is 0.457 e. The minimum Gasteiger partial charge on any atom is -0.457 e. The SMILES string of the molecule is CCc1ccc(N2C(=O)/C(=C/c3ccc(-c4ccc([N+](=O)[O-])cc4Cl)o3)C(=O)NC2=S)cc1. The number of carbonyl (C=O) groups excluding carboxylic acids is 2. The first kappa shape index (κ1) is 22.4. The van der Waals surface area contributed by atoms with Gasteiger partial charge in [0.15, 0.2) is 5.11 Å². The number of carbonyl (C=O) groups is 2. The fraction of sp³-hybridized carbons (Fsp3) is 0.0870. The van der Waals surface area contributed by atoms with Gasteiger partial charge in [-0.15, -0.1) is 0 Å². The number of nitrogens with zero attached hydrogens (tertiary/aromatic N) is 2. The van der Waals surface area contributed by atoms with Crippen molar-refractivity contribution in [3.05, 3.63) is 86.6 Å². The van der Waals surface area contributed by atoms with Gasteiger partial charge >= 0.3 is 0 Å². The van der Waals surface area contributed by atoms with Crippen molar-refractivity contribution in [3.8, 4) is 11.3 Å². The first-order valence-corrected chi connectivity index (χ1v) is 10.6. The van der Waals surface area contributed by atoms with Crippen LogP contribution in [0.5, 0.6) is 0 Å². The molecule has 2 aromatic carbocycles. The van der Waals surface area contributed by atoms with E-state index in [1.54, 1.807) is 24.3 Å². The van der Waals surface area contributed by atoms with Crippen LogP contribution in [0, 0.1) is 10.1 Å². The van der Waals surface area contributed by atoms with Crippen molar-refractivity contribution in [1.82, 2.24) is 5.32 Å². The molecule has 4 rings (SSSR count). The number of furan rings is 1. The molecule has 1 saturated heterocycles. The monoisotopic (exact) mass is 481 g/mol. The molecule has 33 heavy (non-hydrogen) atoms. The summed E-state index contributed by atoms with van der Waals surface area (Å²) >= 11 is 11.4. The van der Waals surface area contributed by atoms with Gasteiger partial charge in [0.05, 0.1) is 15.6 Å². The van der Waals surface area contributed by atoms with Crippen LogP contribution in [-0.4, -0.2) is 21.9 Å². The third kappa shape index (κ3) is 4.41. The molecule has 10 heteroatoms. The van der Waals surface area contributed by atoms with Crippen LogP contribution in [-0.2, 0) is 16.0 Å². The van der Waals surface area contributed by atoms with Gasteiger partial charge in [-0.25, -0.2) is 0 Å². The number of hydrogen-bond acceptors (Lipinski definition) is 6. The summed E-state index contributed by atoms with van der Waals surface area (Å²) < 4.78 is 5.73. The first-order chi connectivity index (χ1) is 15.8. The van der Waals surface area contributed by atoms with E-state index >= 15 is 0 Å². The third-order valence-electron chi connectivity index (χ3n) is 5.05. The van der Waals surface area contributed by atoms with Crippen LogP contribution in [0.15, 0.2) is 64.6 Å². The van der Waals surface area contributed by atoms with Crippen LogP contribution in [0.1, 0.15) is 18.2 Å². The lowest BCUT2D eigenvalue weighted by atomic mass is 10.1. The smallest absolute Gasteiger partial charge is 0.270 e. The van der Waals surface area contributed by atoms with Crippen LogP contribution >= 0.6 is 23.8 Å². The fourth-order valence-corrected chi connectivity index (χ4v) is 3.86. The van der Waals surface area contributed by atoms with Crippen molar-refractivity contribution < 1.29 is 18.9 Å².